The van der Waals surface area contributed by atoms with Crippen molar-refractivity contribution in [3.8, 4) is 0 Å². The zero-order valence-electron chi connectivity index (χ0n) is 12.8. The fraction of sp³-hybridized carbons (Fsp3) is 0.263. The largest absolute Gasteiger partial charge is 0.374 e. The highest BCUT2D eigenvalue weighted by molar-refractivity contribution is 6.31. The molecule has 2 heterocycles. The van der Waals surface area contributed by atoms with Gasteiger partial charge in [0.2, 0.25) is 0 Å². The number of hydrogen-bond donors (Lipinski definition) is 1. The van der Waals surface area contributed by atoms with Crippen molar-refractivity contribution in [3.05, 3.63) is 58.6 Å². The van der Waals surface area contributed by atoms with E-state index in [0.29, 0.717) is 0 Å². The molecule has 1 saturated heterocycles. The Morgan fingerprint density at radius 2 is 1.91 bits per heavy atom. The lowest BCUT2D eigenvalue weighted by molar-refractivity contribution is 0.0346. The van der Waals surface area contributed by atoms with Crippen molar-refractivity contribution in [2.75, 3.05) is 31.1 Å². The molecule has 1 N–H and O–H groups in total. The number of halogens is 1. The maximum atomic E-state index is 6.27. The predicted molar refractivity (Wildman–Crippen MR) is 96.4 cm³/mol. The molecule has 0 aromatic heterocycles. The molecule has 1 fully saturated rings. The Morgan fingerprint density at radius 3 is 2.74 bits per heavy atom. The first-order valence-electron chi connectivity index (χ1n) is 7.98. The van der Waals surface area contributed by atoms with Crippen molar-refractivity contribution < 1.29 is 4.74 Å². The van der Waals surface area contributed by atoms with Gasteiger partial charge < -0.3 is 15.0 Å². The van der Waals surface area contributed by atoms with E-state index in [1.807, 2.05) is 12.1 Å². The van der Waals surface area contributed by atoms with E-state index < -0.39 is 0 Å². The van der Waals surface area contributed by atoms with Crippen molar-refractivity contribution >= 4 is 35.1 Å². The Hall–Kier alpha value is -1.81. The predicted octanol–water partition coefficient (Wildman–Crippen LogP) is 3.95. The lowest BCUT2D eigenvalue weighted by atomic mass is 10.1. The van der Waals surface area contributed by atoms with Crippen molar-refractivity contribution in [1.82, 2.24) is 5.32 Å². The molecule has 2 aromatic rings. The Kier molecular flexibility index (Phi) is 4.08. The molecule has 2 aromatic carbocycles. The molecule has 4 heteroatoms. The summed E-state index contributed by atoms with van der Waals surface area (Å²) in [5.41, 5.74) is 4.71. The van der Waals surface area contributed by atoms with E-state index >= 15 is 0 Å². The molecule has 0 spiro atoms. The van der Waals surface area contributed by atoms with Gasteiger partial charge in [0.25, 0.3) is 0 Å². The topological polar surface area (TPSA) is 24.5 Å². The van der Waals surface area contributed by atoms with E-state index in [2.05, 4.69) is 52.7 Å². The molecule has 2 aliphatic rings. The van der Waals surface area contributed by atoms with Crippen molar-refractivity contribution in [2.24, 2.45) is 0 Å². The van der Waals surface area contributed by atoms with Crippen LogP contribution in [0.3, 0.4) is 0 Å². The maximum absolute atomic E-state index is 6.27. The van der Waals surface area contributed by atoms with E-state index in [9.17, 15) is 0 Å². The van der Waals surface area contributed by atoms with E-state index in [1.54, 1.807) is 0 Å². The molecule has 23 heavy (non-hydrogen) atoms. The third kappa shape index (κ3) is 3.00. The average Bonchev–Trinajstić information content (AvgIpc) is 2.74. The number of rotatable bonds is 2. The molecule has 4 rings (SSSR count). The number of para-hydroxylation sites is 1. The fourth-order valence-corrected chi connectivity index (χ4v) is 3.38. The number of fused-ring (bicyclic) bond motifs is 2. The van der Waals surface area contributed by atoms with Crippen LogP contribution in [0.1, 0.15) is 11.1 Å². The van der Waals surface area contributed by atoms with Gasteiger partial charge in [0.15, 0.2) is 0 Å². The van der Waals surface area contributed by atoms with Gasteiger partial charge in [0.1, 0.15) is 0 Å². The molecule has 0 amide bonds. The maximum Gasteiger partial charge on any atom is 0.0878 e. The van der Waals surface area contributed by atoms with Crippen LogP contribution in [0.2, 0.25) is 5.02 Å². The van der Waals surface area contributed by atoms with Crippen LogP contribution in [0.15, 0.2) is 42.5 Å². The molecule has 2 aliphatic heterocycles. The Morgan fingerprint density at radius 1 is 1.09 bits per heavy atom. The van der Waals surface area contributed by atoms with Crippen LogP contribution in [0.4, 0.5) is 11.4 Å². The van der Waals surface area contributed by atoms with Gasteiger partial charge in [-0.3, -0.25) is 0 Å². The second kappa shape index (κ2) is 6.36. The first-order valence-corrected chi connectivity index (χ1v) is 8.35. The number of hydrogen-bond acceptors (Lipinski definition) is 3. The van der Waals surface area contributed by atoms with Gasteiger partial charge in [-0.1, -0.05) is 48.0 Å². The van der Waals surface area contributed by atoms with Crippen LogP contribution >= 0.6 is 11.6 Å². The second-order valence-electron chi connectivity index (χ2n) is 5.90. The van der Waals surface area contributed by atoms with E-state index in [4.69, 9.17) is 16.3 Å². The Balaban J connectivity index is 1.78. The summed E-state index contributed by atoms with van der Waals surface area (Å²) < 4.78 is 5.92. The average molecular weight is 327 g/mol. The zero-order chi connectivity index (χ0) is 15.6. The minimum absolute atomic E-state index is 0.168. The first kappa shape index (κ1) is 14.8. The van der Waals surface area contributed by atoms with Gasteiger partial charge in [0, 0.05) is 29.5 Å². The monoisotopic (exact) mass is 326 g/mol. The summed E-state index contributed by atoms with van der Waals surface area (Å²) in [4.78, 5) is 2.33. The van der Waals surface area contributed by atoms with E-state index in [1.165, 1.54) is 16.8 Å². The number of ether oxygens (including phenoxy) is 1. The normalized spacial score (nSPS) is 19.9. The molecular formula is C19H19ClN2O. The highest BCUT2D eigenvalue weighted by Gasteiger charge is 2.23. The highest BCUT2D eigenvalue weighted by atomic mass is 35.5. The third-order valence-corrected chi connectivity index (χ3v) is 4.58. The summed E-state index contributed by atoms with van der Waals surface area (Å²) in [7, 11) is 0. The smallest absolute Gasteiger partial charge is 0.0878 e. The molecule has 0 saturated carbocycles. The number of benzene rings is 2. The van der Waals surface area contributed by atoms with Crippen molar-refractivity contribution in [2.45, 2.75) is 6.10 Å². The summed E-state index contributed by atoms with van der Waals surface area (Å²) in [6, 6.07) is 14.5. The molecule has 0 bridgehead atoms. The molecular weight excluding hydrogens is 308 g/mol. The minimum Gasteiger partial charge on any atom is -0.374 e. The summed E-state index contributed by atoms with van der Waals surface area (Å²) in [6.07, 6.45) is 4.49. The third-order valence-electron chi connectivity index (χ3n) is 4.34. The Labute approximate surface area is 141 Å². The molecule has 118 valence electrons. The van der Waals surface area contributed by atoms with Gasteiger partial charge in [-0.2, -0.15) is 0 Å². The SMILES string of the molecule is Clc1ccc2c(c1)N(CC1CNCCO1)c1ccccc1C=C2. The minimum atomic E-state index is 0.168. The quantitative estimate of drug-likeness (QED) is 0.904. The van der Waals surface area contributed by atoms with Gasteiger partial charge in [0.05, 0.1) is 19.3 Å². The van der Waals surface area contributed by atoms with Crippen LogP contribution in [0, 0.1) is 0 Å². The zero-order valence-corrected chi connectivity index (χ0v) is 13.6. The molecule has 3 nitrogen and oxygen atoms in total. The van der Waals surface area contributed by atoms with Crippen LogP contribution in [0.5, 0.6) is 0 Å². The highest BCUT2D eigenvalue weighted by Crippen LogP contribution is 2.37. The number of nitrogens with zero attached hydrogens (tertiary/aromatic N) is 1. The summed E-state index contributed by atoms with van der Waals surface area (Å²) in [5.74, 6) is 0. The number of morpholine rings is 1. The van der Waals surface area contributed by atoms with E-state index in [-0.39, 0.29) is 6.10 Å². The van der Waals surface area contributed by atoms with Gasteiger partial charge in [-0.25, -0.2) is 0 Å². The molecule has 1 atom stereocenters. The second-order valence-corrected chi connectivity index (χ2v) is 6.34. The van der Waals surface area contributed by atoms with Crippen LogP contribution in [-0.2, 0) is 4.74 Å². The summed E-state index contributed by atoms with van der Waals surface area (Å²) in [6.45, 7) is 3.37. The molecule has 0 radical (unpaired) electrons. The van der Waals surface area contributed by atoms with Gasteiger partial charge in [-0.15, -0.1) is 0 Å². The van der Waals surface area contributed by atoms with E-state index in [0.717, 1.165) is 37.0 Å². The standard InChI is InChI=1S/C19H19ClN2O/c20-16-8-7-15-6-5-14-3-1-2-4-18(14)22(19(15)11-16)13-17-12-21-9-10-23-17/h1-8,11,17,21H,9-10,12-13H2. The Bertz CT molecular complexity index is 738. The molecule has 0 aliphatic carbocycles. The number of nitrogens with one attached hydrogen (secondary N) is 1. The van der Waals surface area contributed by atoms with Crippen molar-refractivity contribution in [3.63, 3.8) is 0 Å². The first-order chi connectivity index (χ1) is 11.3. The van der Waals surface area contributed by atoms with Gasteiger partial charge >= 0.3 is 0 Å². The molecule has 1 unspecified atom stereocenters. The lowest BCUT2D eigenvalue weighted by Gasteiger charge is -2.33. The fourth-order valence-electron chi connectivity index (χ4n) is 3.21. The van der Waals surface area contributed by atoms with Gasteiger partial charge in [-0.05, 0) is 29.3 Å². The summed E-state index contributed by atoms with van der Waals surface area (Å²) in [5, 5.41) is 4.16. The lowest BCUT2D eigenvalue weighted by Crippen LogP contribution is -2.44. The van der Waals surface area contributed by atoms with Crippen LogP contribution < -0.4 is 10.2 Å². The van der Waals surface area contributed by atoms with Crippen LogP contribution in [0.25, 0.3) is 12.2 Å². The van der Waals surface area contributed by atoms with Crippen LogP contribution in [-0.4, -0.2) is 32.3 Å². The van der Waals surface area contributed by atoms with Crippen molar-refractivity contribution in [1.29, 1.82) is 0 Å². The number of anilines is 2. The summed E-state index contributed by atoms with van der Waals surface area (Å²) >= 11 is 6.27.